The van der Waals surface area contributed by atoms with Gasteiger partial charge in [0.05, 0.1) is 12.3 Å². The molecule has 3 atom stereocenters. The van der Waals surface area contributed by atoms with E-state index >= 15 is 0 Å². The van der Waals surface area contributed by atoms with E-state index in [1.807, 2.05) is 17.8 Å². The van der Waals surface area contributed by atoms with Crippen LogP contribution in [0.5, 0.6) is 0 Å². The first-order valence-corrected chi connectivity index (χ1v) is 11.2. The number of aryl methyl sites for hydroxylation is 1. The van der Waals surface area contributed by atoms with Gasteiger partial charge in [0.1, 0.15) is 11.5 Å². The Labute approximate surface area is 179 Å². The largest absolute Gasteiger partial charge is 0.368 e. The number of carbonyl (C=O) groups is 1. The molecular formula is C23H36N4O3. The number of hydrogen-bond acceptors (Lipinski definition) is 6. The molecular weight excluding hydrogens is 380 g/mol. The van der Waals surface area contributed by atoms with Crippen LogP contribution in [-0.4, -0.2) is 62.8 Å². The van der Waals surface area contributed by atoms with E-state index in [4.69, 9.17) is 4.74 Å². The second-order valence-corrected chi connectivity index (χ2v) is 8.84. The predicted molar refractivity (Wildman–Crippen MR) is 117 cm³/mol. The van der Waals surface area contributed by atoms with Crippen molar-refractivity contribution in [3.05, 3.63) is 29.6 Å². The summed E-state index contributed by atoms with van der Waals surface area (Å²) in [6.45, 7) is 5.44. The minimum Gasteiger partial charge on any atom is -0.368 e. The van der Waals surface area contributed by atoms with Gasteiger partial charge in [-0.05, 0) is 58.6 Å². The monoisotopic (exact) mass is 416 g/mol. The standard InChI is InChI=1S/C23H36N4O3/c1-17(28)7-5-4-6-12-27-16-22(24-25-27)20-10-8-19(9-11-20)15-26(3)21-13-18(2)30-23(29)14-21/h8,10,16,18,21,23,29H,4-7,9,11-15H2,1-3H3/t18-,21+,23-/m1/s1. The molecule has 2 heterocycles. The Balaban J connectivity index is 1.47. The van der Waals surface area contributed by atoms with Gasteiger partial charge in [-0.3, -0.25) is 9.58 Å². The normalized spacial score (nSPS) is 24.6. The van der Waals surface area contributed by atoms with Crippen LogP contribution >= 0.6 is 0 Å². The molecule has 0 bridgehead atoms. The zero-order valence-electron chi connectivity index (χ0n) is 18.6. The van der Waals surface area contributed by atoms with Crippen molar-refractivity contribution in [2.24, 2.45) is 0 Å². The zero-order valence-corrected chi connectivity index (χ0v) is 18.6. The second kappa shape index (κ2) is 11.0. The van der Waals surface area contributed by atoms with Crippen LogP contribution in [0.3, 0.4) is 0 Å². The van der Waals surface area contributed by atoms with Crippen LogP contribution in [0.25, 0.3) is 5.57 Å². The van der Waals surface area contributed by atoms with Gasteiger partial charge < -0.3 is 14.6 Å². The lowest BCUT2D eigenvalue weighted by Crippen LogP contribution is -2.43. The van der Waals surface area contributed by atoms with Gasteiger partial charge in [0.15, 0.2) is 6.29 Å². The Morgan fingerprint density at radius 3 is 2.80 bits per heavy atom. The molecule has 1 fully saturated rings. The molecule has 0 radical (unpaired) electrons. The molecule has 1 aromatic heterocycles. The van der Waals surface area contributed by atoms with E-state index < -0.39 is 6.29 Å². The van der Waals surface area contributed by atoms with E-state index in [-0.39, 0.29) is 11.9 Å². The number of unbranched alkanes of at least 4 members (excludes halogenated alkanes) is 2. The molecule has 0 spiro atoms. The summed E-state index contributed by atoms with van der Waals surface area (Å²) in [6.07, 6.45) is 13.2. The number of allylic oxidation sites excluding steroid dienone is 3. The number of aliphatic hydroxyl groups is 1. The van der Waals surface area contributed by atoms with Crippen molar-refractivity contribution in [3.8, 4) is 0 Å². The molecule has 2 aliphatic rings. The first-order valence-electron chi connectivity index (χ1n) is 11.2. The maximum absolute atomic E-state index is 11.0. The fourth-order valence-electron chi connectivity index (χ4n) is 4.31. The van der Waals surface area contributed by atoms with E-state index in [1.54, 1.807) is 6.92 Å². The third-order valence-corrected chi connectivity index (χ3v) is 6.06. The van der Waals surface area contributed by atoms with Gasteiger partial charge in [-0.2, -0.15) is 0 Å². The lowest BCUT2D eigenvalue weighted by molar-refractivity contribution is -0.173. The highest BCUT2D eigenvalue weighted by Crippen LogP contribution is 2.28. The molecule has 30 heavy (non-hydrogen) atoms. The Morgan fingerprint density at radius 2 is 2.10 bits per heavy atom. The molecule has 0 saturated carbocycles. The molecule has 1 aromatic rings. The molecule has 7 nitrogen and oxygen atoms in total. The number of nitrogens with zero attached hydrogens (tertiary/aromatic N) is 4. The minimum absolute atomic E-state index is 0.102. The van der Waals surface area contributed by atoms with Crippen LogP contribution in [0.4, 0.5) is 0 Å². The van der Waals surface area contributed by atoms with Crippen molar-refractivity contribution in [2.45, 2.75) is 90.2 Å². The summed E-state index contributed by atoms with van der Waals surface area (Å²) in [4.78, 5) is 13.3. The molecule has 1 N–H and O–H groups in total. The summed E-state index contributed by atoms with van der Waals surface area (Å²) < 4.78 is 7.36. The fourth-order valence-corrected chi connectivity index (χ4v) is 4.31. The van der Waals surface area contributed by atoms with Crippen molar-refractivity contribution in [3.63, 3.8) is 0 Å². The van der Waals surface area contributed by atoms with Crippen LogP contribution in [-0.2, 0) is 16.1 Å². The van der Waals surface area contributed by atoms with Crippen molar-refractivity contribution in [2.75, 3.05) is 13.6 Å². The number of rotatable bonds is 10. The van der Waals surface area contributed by atoms with Crippen LogP contribution in [0.1, 0.15) is 70.9 Å². The molecule has 166 valence electrons. The summed E-state index contributed by atoms with van der Waals surface area (Å²) in [7, 11) is 2.14. The highest BCUT2D eigenvalue weighted by atomic mass is 16.6. The fraction of sp³-hybridized carbons (Fsp3) is 0.696. The van der Waals surface area contributed by atoms with Gasteiger partial charge in [0, 0.05) is 32.0 Å². The number of likely N-dealkylation sites (N-methyl/N-ethyl adjacent to an activating group) is 1. The molecule has 3 rings (SSSR count). The molecule has 7 heteroatoms. The average molecular weight is 417 g/mol. The number of aromatic nitrogens is 3. The number of ketones is 1. The second-order valence-electron chi connectivity index (χ2n) is 8.84. The van der Waals surface area contributed by atoms with Gasteiger partial charge in [0.25, 0.3) is 0 Å². The van der Waals surface area contributed by atoms with Gasteiger partial charge >= 0.3 is 0 Å². The maximum Gasteiger partial charge on any atom is 0.156 e. The number of hydrogen-bond donors (Lipinski definition) is 1. The first kappa shape index (κ1) is 22.8. The van der Waals surface area contributed by atoms with E-state index in [1.165, 1.54) is 11.1 Å². The molecule has 0 unspecified atom stereocenters. The Morgan fingerprint density at radius 1 is 1.27 bits per heavy atom. The van der Waals surface area contributed by atoms with Gasteiger partial charge in [-0.1, -0.05) is 29.4 Å². The highest BCUT2D eigenvalue weighted by molar-refractivity contribution is 5.75. The van der Waals surface area contributed by atoms with Gasteiger partial charge in [0.2, 0.25) is 0 Å². The molecule has 1 aliphatic heterocycles. The SMILES string of the molecule is CC(=O)CCCCCn1cc(C2=CC=C(CN(C)[C@H]3C[C@@H](C)O[C@@H](O)C3)CC2)nn1. The third-order valence-electron chi connectivity index (χ3n) is 6.06. The van der Waals surface area contributed by atoms with Gasteiger partial charge in [-0.15, -0.1) is 5.10 Å². The summed E-state index contributed by atoms with van der Waals surface area (Å²) >= 11 is 0. The average Bonchev–Trinajstić information content (AvgIpc) is 3.16. The minimum atomic E-state index is -0.648. The number of carbonyl (C=O) groups excluding carboxylic acids is 1. The summed E-state index contributed by atoms with van der Waals surface area (Å²) in [5.74, 6) is 0.265. The van der Waals surface area contributed by atoms with E-state index in [9.17, 15) is 9.90 Å². The van der Waals surface area contributed by atoms with Crippen LogP contribution in [0.15, 0.2) is 23.9 Å². The van der Waals surface area contributed by atoms with Crippen molar-refractivity contribution >= 4 is 11.4 Å². The number of Topliss-reactive ketones (excluding diaryl/α,β-unsaturated/α-hetero) is 1. The van der Waals surface area contributed by atoms with E-state index in [0.717, 1.165) is 57.3 Å². The maximum atomic E-state index is 11.0. The lowest BCUT2D eigenvalue weighted by atomic mass is 9.95. The summed E-state index contributed by atoms with van der Waals surface area (Å²) in [6, 6.07) is 0.352. The quantitative estimate of drug-likeness (QED) is 0.589. The van der Waals surface area contributed by atoms with E-state index in [0.29, 0.717) is 18.9 Å². The smallest absolute Gasteiger partial charge is 0.156 e. The Kier molecular flexibility index (Phi) is 8.36. The first-order chi connectivity index (χ1) is 14.4. The Bertz CT molecular complexity index is 760. The van der Waals surface area contributed by atoms with E-state index in [2.05, 4.69) is 34.4 Å². The molecule has 1 aliphatic carbocycles. The Hall–Kier alpha value is -1.83. The van der Waals surface area contributed by atoms with Crippen molar-refractivity contribution < 1.29 is 14.6 Å². The highest BCUT2D eigenvalue weighted by Gasteiger charge is 2.28. The topological polar surface area (TPSA) is 80.5 Å². The molecule has 0 aromatic carbocycles. The van der Waals surface area contributed by atoms with Crippen molar-refractivity contribution in [1.82, 2.24) is 19.9 Å². The van der Waals surface area contributed by atoms with Crippen LogP contribution < -0.4 is 0 Å². The van der Waals surface area contributed by atoms with Crippen LogP contribution in [0, 0.1) is 0 Å². The number of ether oxygens (including phenoxy) is 1. The zero-order chi connectivity index (χ0) is 21.5. The summed E-state index contributed by atoms with van der Waals surface area (Å²) in [5.41, 5.74) is 3.61. The summed E-state index contributed by atoms with van der Waals surface area (Å²) in [5, 5.41) is 18.5. The van der Waals surface area contributed by atoms with Crippen LogP contribution in [0.2, 0.25) is 0 Å². The molecule has 0 amide bonds. The lowest BCUT2D eigenvalue weighted by Gasteiger charge is -2.37. The number of aliphatic hydroxyl groups excluding tert-OH is 1. The molecule has 1 saturated heterocycles. The van der Waals surface area contributed by atoms with Crippen molar-refractivity contribution in [1.29, 1.82) is 0 Å². The predicted octanol–water partition coefficient (Wildman–Crippen LogP) is 3.35. The third kappa shape index (κ3) is 6.86. The van der Waals surface area contributed by atoms with Gasteiger partial charge in [-0.25, -0.2) is 0 Å².